The van der Waals surface area contributed by atoms with Crippen molar-refractivity contribution in [1.82, 2.24) is 20.2 Å². The maximum atomic E-state index is 11.6. The molecule has 0 saturated heterocycles. The van der Waals surface area contributed by atoms with Crippen LogP contribution >= 0.6 is 11.3 Å². The van der Waals surface area contributed by atoms with Gasteiger partial charge in [-0.3, -0.25) is 4.79 Å². The fraction of sp³-hybridized carbons (Fsp3) is 0.231. The van der Waals surface area contributed by atoms with Crippen LogP contribution in [0.3, 0.4) is 0 Å². The highest BCUT2D eigenvalue weighted by Crippen LogP contribution is 2.26. The SMILES string of the molecule is O=C(Cn1nnnc1-c1ccc2ccsc2c1)OCCO. The largest absolute Gasteiger partial charge is 0.462 e. The molecule has 0 spiro atoms. The smallest absolute Gasteiger partial charge is 0.328 e. The number of aromatic nitrogens is 4. The molecule has 2 heterocycles. The number of benzene rings is 1. The summed E-state index contributed by atoms with van der Waals surface area (Å²) in [7, 11) is 0. The Morgan fingerprint density at radius 1 is 1.38 bits per heavy atom. The third-order valence-electron chi connectivity index (χ3n) is 2.88. The summed E-state index contributed by atoms with van der Waals surface area (Å²) >= 11 is 1.63. The van der Waals surface area contributed by atoms with E-state index in [1.165, 1.54) is 4.68 Å². The zero-order chi connectivity index (χ0) is 14.7. The Labute approximate surface area is 123 Å². The second kappa shape index (κ2) is 5.98. The summed E-state index contributed by atoms with van der Waals surface area (Å²) in [6.07, 6.45) is 0. The maximum absolute atomic E-state index is 11.6. The van der Waals surface area contributed by atoms with Crippen molar-refractivity contribution in [3.05, 3.63) is 29.6 Å². The van der Waals surface area contributed by atoms with Crippen molar-refractivity contribution in [1.29, 1.82) is 0 Å². The normalized spacial score (nSPS) is 10.9. The Morgan fingerprint density at radius 3 is 3.14 bits per heavy atom. The van der Waals surface area contributed by atoms with Crippen LogP contribution in [0.1, 0.15) is 0 Å². The van der Waals surface area contributed by atoms with Gasteiger partial charge in [0.2, 0.25) is 0 Å². The molecule has 1 aromatic carbocycles. The molecule has 0 aliphatic rings. The van der Waals surface area contributed by atoms with Gasteiger partial charge in [-0.05, 0) is 33.3 Å². The fourth-order valence-corrected chi connectivity index (χ4v) is 2.77. The first-order valence-electron chi connectivity index (χ1n) is 6.28. The number of carbonyl (C=O) groups excluding carboxylic acids is 1. The minimum absolute atomic E-state index is 0.0303. The van der Waals surface area contributed by atoms with E-state index in [4.69, 9.17) is 9.84 Å². The van der Waals surface area contributed by atoms with Gasteiger partial charge in [0, 0.05) is 10.3 Å². The number of aliphatic hydroxyl groups excluding tert-OH is 1. The van der Waals surface area contributed by atoms with Crippen LogP contribution in [0.4, 0.5) is 0 Å². The van der Waals surface area contributed by atoms with Crippen LogP contribution < -0.4 is 0 Å². The topological polar surface area (TPSA) is 90.1 Å². The lowest BCUT2D eigenvalue weighted by Gasteiger charge is -2.05. The van der Waals surface area contributed by atoms with Crippen LogP contribution in [-0.2, 0) is 16.1 Å². The predicted octanol–water partition coefficient (Wildman–Crippen LogP) is 1.09. The number of hydrogen-bond donors (Lipinski definition) is 1. The molecule has 3 rings (SSSR count). The van der Waals surface area contributed by atoms with Crippen LogP contribution in [0.5, 0.6) is 0 Å². The van der Waals surface area contributed by atoms with E-state index < -0.39 is 5.97 Å². The summed E-state index contributed by atoms with van der Waals surface area (Å²) in [6, 6.07) is 7.93. The average molecular weight is 304 g/mol. The molecule has 0 bridgehead atoms. The van der Waals surface area contributed by atoms with Gasteiger partial charge in [-0.25, -0.2) is 4.68 Å². The van der Waals surface area contributed by atoms with Gasteiger partial charge in [0.25, 0.3) is 0 Å². The molecule has 8 heteroatoms. The molecule has 0 aliphatic heterocycles. The second-order valence-corrected chi connectivity index (χ2v) is 5.23. The highest BCUT2D eigenvalue weighted by Gasteiger charge is 2.13. The Hall–Kier alpha value is -2.32. The number of thiophene rings is 1. The third kappa shape index (κ3) is 2.91. The number of ether oxygens (including phenoxy) is 1. The highest BCUT2D eigenvalue weighted by molar-refractivity contribution is 7.17. The molecular formula is C13H12N4O3S. The molecule has 0 atom stereocenters. The van der Waals surface area contributed by atoms with Crippen molar-refractivity contribution < 1.29 is 14.6 Å². The lowest BCUT2D eigenvalue weighted by Crippen LogP contribution is -2.17. The second-order valence-electron chi connectivity index (χ2n) is 4.28. The summed E-state index contributed by atoms with van der Waals surface area (Å²) in [5, 5.41) is 23.2. The molecule has 108 valence electrons. The van der Waals surface area contributed by atoms with Crippen molar-refractivity contribution in [2.24, 2.45) is 0 Å². The van der Waals surface area contributed by atoms with Gasteiger partial charge in [-0.2, -0.15) is 0 Å². The van der Waals surface area contributed by atoms with Crippen LogP contribution in [0.25, 0.3) is 21.5 Å². The van der Waals surface area contributed by atoms with Crippen molar-refractivity contribution in [3.63, 3.8) is 0 Å². The van der Waals surface area contributed by atoms with Gasteiger partial charge in [0.1, 0.15) is 13.2 Å². The fourth-order valence-electron chi connectivity index (χ4n) is 1.94. The van der Waals surface area contributed by atoms with Crippen LogP contribution in [0.15, 0.2) is 29.6 Å². The van der Waals surface area contributed by atoms with Gasteiger partial charge in [-0.15, -0.1) is 16.4 Å². The lowest BCUT2D eigenvalue weighted by molar-refractivity contribution is -0.145. The van der Waals surface area contributed by atoms with Crippen molar-refractivity contribution >= 4 is 27.4 Å². The van der Waals surface area contributed by atoms with E-state index in [0.717, 1.165) is 15.6 Å². The van der Waals surface area contributed by atoms with E-state index >= 15 is 0 Å². The molecule has 0 amide bonds. The minimum Gasteiger partial charge on any atom is -0.462 e. The summed E-state index contributed by atoms with van der Waals surface area (Å²) in [6.45, 7) is -0.328. The first-order chi connectivity index (χ1) is 10.3. The average Bonchev–Trinajstić information content (AvgIpc) is 3.12. The van der Waals surface area contributed by atoms with E-state index in [1.54, 1.807) is 11.3 Å². The zero-order valence-electron chi connectivity index (χ0n) is 11.0. The van der Waals surface area contributed by atoms with Crippen LogP contribution in [0, 0.1) is 0 Å². The van der Waals surface area contributed by atoms with Crippen molar-refractivity contribution in [3.8, 4) is 11.4 Å². The Morgan fingerprint density at radius 2 is 2.29 bits per heavy atom. The Kier molecular flexibility index (Phi) is 3.89. The number of rotatable bonds is 5. The van der Waals surface area contributed by atoms with Gasteiger partial charge in [0.15, 0.2) is 5.82 Å². The molecule has 3 aromatic rings. The summed E-state index contributed by atoms with van der Waals surface area (Å²) in [4.78, 5) is 11.6. The first kappa shape index (κ1) is 13.7. The third-order valence-corrected chi connectivity index (χ3v) is 3.76. The van der Waals surface area contributed by atoms with Crippen molar-refractivity contribution in [2.75, 3.05) is 13.2 Å². The summed E-state index contributed by atoms with van der Waals surface area (Å²) in [5.74, 6) is 0.0149. The summed E-state index contributed by atoms with van der Waals surface area (Å²) < 4.78 is 7.32. The van der Waals surface area contributed by atoms with E-state index in [9.17, 15) is 4.79 Å². The molecule has 0 aliphatic carbocycles. The number of aliphatic hydroxyl groups is 1. The Balaban J connectivity index is 1.85. The lowest BCUT2D eigenvalue weighted by atomic mass is 10.1. The zero-order valence-corrected chi connectivity index (χ0v) is 11.8. The molecule has 0 radical (unpaired) electrons. The van der Waals surface area contributed by atoms with Gasteiger partial charge in [0.05, 0.1) is 6.61 Å². The quantitative estimate of drug-likeness (QED) is 0.710. The molecule has 1 N–H and O–H groups in total. The molecule has 0 fully saturated rings. The monoisotopic (exact) mass is 304 g/mol. The number of carbonyl (C=O) groups is 1. The van der Waals surface area contributed by atoms with E-state index in [2.05, 4.69) is 15.5 Å². The summed E-state index contributed by atoms with van der Waals surface area (Å²) in [5.41, 5.74) is 0.838. The van der Waals surface area contributed by atoms with Crippen LogP contribution in [0.2, 0.25) is 0 Å². The van der Waals surface area contributed by atoms with Gasteiger partial charge >= 0.3 is 5.97 Å². The van der Waals surface area contributed by atoms with E-state index in [0.29, 0.717) is 5.82 Å². The number of hydrogen-bond acceptors (Lipinski definition) is 7. The Bertz CT molecular complexity index is 767. The maximum Gasteiger partial charge on any atom is 0.328 e. The number of tetrazole rings is 1. The predicted molar refractivity (Wildman–Crippen MR) is 76.7 cm³/mol. The van der Waals surface area contributed by atoms with E-state index in [1.807, 2.05) is 29.6 Å². The van der Waals surface area contributed by atoms with Gasteiger partial charge < -0.3 is 9.84 Å². The molecule has 0 saturated carbocycles. The standard InChI is InChI=1S/C13H12N4O3S/c18-4-5-20-12(19)8-17-13(14-15-16-17)10-2-1-9-3-6-21-11(9)7-10/h1-3,6-7,18H,4-5,8H2. The van der Waals surface area contributed by atoms with Gasteiger partial charge in [-0.1, -0.05) is 12.1 Å². The molecule has 7 nitrogen and oxygen atoms in total. The first-order valence-corrected chi connectivity index (χ1v) is 7.16. The molecule has 21 heavy (non-hydrogen) atoms. The van der Waals surface area contributed by atoms with E-state index in [-0.39, 0.29) is 19.8 Å². The van der Waals surface area contributed by atoms with Crippen LogP contribution in [-0.4, -0.2) is 44.5 Å². The number of esters is 1. The number of fused-ring (bicyclic) bond motifs is 1. The molecular weight excluding hydrogens is 292 g/mol. The molecule has 2 aromatic heterocycles. The molecule has 0 unspecified atom stereocenters. The minimum atomic E-state index is -0.491. The van der Waals surface area contributed by atoms with Crippen molar-refractivity contribution in [2.45, 2.75) is 6.54 Å². The number of nitrogens with zero attached hydrogens (tertiary/aromatic N) is 4. The highest BCUT2D eigenvalue weighted by atomic mass is 32.1.